The molecule has 6 heteroatoms. The Balaban J connectivity index is 0.00000320. The Morgan fingerprint density at radius 2 is 1.73 bits per heavy atom. The van der Waals surface area contributed by atoms with Crippen molar-refractivity contribution < 1.29 is 9.47 Å². The molecule has 2 N–H and O–H groups in total. The Morgan fingerprint density at radius 1 is 1.03 bits per heavy atom. The van der Waals surface area contributed by atoms with E-state index in [4.69, 9.17) is 14.5 Å². The maximum absolute atomic E-state index is 6.00. The summed E-state index contributed by atoms with van der Waals surface area (Å²) in [5.74, 6) is 0.836. The molecule has 30 heavy (non-hydrogen) atoms. The maximum atomic E-state index is 6.00. The van der Waals surface area contributed by atoms with Gasteiger partial charge in [-0.2, -0.15) is 0 Å². The normalized spacial score (nSPS) is 14.8. The Bertz CT molecular complexity index is 774. The van der Waals surface area contributed by atoms with Crippen molar-refractivity contribution in [3.05, 3.63) is 70.8 Å². The molecule has 1 aliphatic rings. The van der Waals surface area contributed by atoms with Crippen molar-refractivity contribution >= 4 is 29.9 Å². The largest absolute Gasteiger partial charge is 0.381 e. The molecule has 0 aromatic heterocycles. The van der Waals surface area contributed by atoms with E-state index in [2.05, 4.69) is 73.0 Å². The van der Waals surface area contributed by atoms with Gasteiger partial charge in [0.1, 0.15) is 0 Å². The first-order valence-electron chi connectivity index (χ1n) is 10.6. The fraction of sp³-hybridized carbons (Fsp3) is 0.458. The summed E-state index contributed by atoms with van der Waals surface area (Å²) in [4.78, 5) is 4.73. The first-order valence-corrected chi connectivity index (χ1v) is 10.6. The molecular weight excluding hydrogens is 489 g/mol. The van der Waals surface area contributed by atoms with Gasteiger partial charge in [0.05, 0.1) is 19.3 Å². The number of aryl methyl sites for hydroxylation is 1. The van der Waals surface area contributed by atoms with Gasteiger partial charge in [-0.05, 0) is 48.9 Å². The average Bonchev–Trinajstić information content (AvgIpc) is 2.76. The molecule has 0 bridgehead atoms. The van der Waals surface area contributed by atoms with Crippen molar-refractivity contribution in [1.82, 2.24) is 10.6 Å². The van der Waals surface area contributed by atoms with E-state index >= 15 is 0 Å². The van der Waals surface area contributed by atoms with Gasteiger partial charge in [0.2, 0.25) is 0 Å². The molecule has 3 rings (SSSR count). The van der Waals surface area contributed by atoms with Gasteiger partial charge < -0.3 is 20.1 Å². The van der Waals surface area contributed by atoms with Gasteiger partial charge in [-0.3, -0.25) is 0 Å². The highest BCUT2D eigenvalue weighted by molar-refractivity contribution is 14.0. The number of ether oxygens (including phenoxy) is 2. The van der Waals surface area contributed by atoms with Crippen molar-refractivity contribution in [3.63, 3.8) is 0 Å². The van der Waals surface area contributed by atoms with Crippen LogP contribution in [0, 0.1) is 6.92 Å². The van der Waals surface area contributed by atoms with Crippen molar-refractivity contribution in [2.75, 3.05) is 19.8 Å². The second-order valence-electron chi connectivity index (χ2n) is 7.41. The highest BCUT2D eigenvalue weighted by Crippen LogP contribution is 2.14. The summed E-state index contributed by atoms with van der Waals surface area (Å²) >= 11 is 0. The summed E-state index contributed by atoms with van der Waals surface area (Å²) in [5, 5.41) is 6.74. The maximum Gasteiger partial charge on any atom is 0.191 e. The van der Waals surface area contributed by atoms with Crippen LogP contribution >= 0.6 is 24.0 Å². The van der Waals surface area contributed by atoms with E-state index in [0.717, 1.165) is 45.1 Å². The van der Waals surface area contributed by atoms with Crippen LogP contribution in [0.5, 0.6) is 0 Å². The monoisotopic (exact) mass is 523 g/mol. The van der Waals surface area contributed by atoms with Crippen LogP contribution in [0.25, 0.3) is 0 Å². The number of nitrogens with zero attached hydrogens (tertiary/aromatic N) is 1. The van der Waals surface area contributed by atoms with Crippen molar-refractivity contribution in [2.24, 2.45) is 4.99 Å². The molecule has 2 aromatic carbocycles. The third-order valence-corrected chi connectivity index (χ3v) is 5.15. The van der Waals surface area contributed by atoms with Gasteiger partial charge in [0.25, 0.3) is 0 Å². The molecule has 1 fully saturated rings. The molecule has 164 valence electrons. The molecule has 0 spiro atoms. The van der Waals surface area contributed by atoms with Gasteiger partial charge >= 0.3 is 0 Å². The summed E-state index contributed by atoms with van der Waals surface area (Å²) in [5.41, 5.74) is 4.96. The summed E-state index contributed by atoms with van der Waals surface area (Å²) < 4.78 is 11.4. The summed E-state index contributed by atoms with van der Waals surface area (Å²) in [6.45, 7) is 8.75. The Hall–Kier alpha value is -1.64. The molecule has 1 aliphatic heterocycles. The topological polar surface area (TPSA) is 54.9 Å². The number of hydrogen-bond acceptors (Lipinski definition) is 3. The van der Waals surface area contributed by atoms with E-state index < -0.39 is 0 Å². The Labute approximate surface area is 197 Å². The van der Waals surface area contributed by atoms with Crippen LogP contribution in [0.3, 0.4) is 0 Å². The van der Waals surface area contributed by atoms with E-state index in [9.17, 15) is 0 Å². The quantitative estimate of drug-likeness (QED) is 0.303. The van der Waals surface area contributed by atoms with E-state index in [1.165, 1.54) is 22.3 Å². The van der Waals surface area contributed by atoms with Gasteiger partial charge in [-0.25, -0.2) is 4.99 Å². The van der Waals surface area contributed by atoms with Crippen LogP contribution in [0.4, 0.5) is 0 Å². The highest BCUT2D eigenvalue weighted by atomic mass is 127. The zero-order valence-electron chi connectivity index (χ0n) is 18.0. The number of aliphatic imine (C=N–C) groups is 1. The van der Waals surface area contributed by atoms with Gasteiger partial charge in [0.15, 0.2) is 5.96 Å². The van der Waals surface area contributed by atoms with Crippen LogP contribution in [0.15, 0.2) is 53.5 Å². The van der Waals surface area contributed by atoms with Crippen LogP contribution in [0.1, 0.15) is 42.0 Å². The minimum Gasteiger partial charge on any atom is -0.381 e. The number of hydrogen-bond donors (Lipinski definition) is 2. The molecule has 1 heterocycles. The van der Waals surface area contributed by atoms with Crippen LogP contribution in [0.2, 0.25) is 0 Å². The molecule has 2 aromatic rings. The Kier molecular flexibility index (Phi) is 11.2. The molecule has 0 amide bonds. The van der Waals surface area contributed by atoms with Gasteiger partial charge in [0, 0.05) is 26.3 Å². The summed E-state index contributed by atoms with van der Waals surface area (Å²) in [7, 11) is 0. The van der Waals surface area contributed by atoms with Crippen LogP contribution in [-0.2, 0) is 29.2 Å². The molecule has 0 unspecified atom stereocenters. The number of halogens is 1. The van der Waals surface area contributed by atoms with E-state index in [-0.39, 0.29) is 24.0 Å². The number of nitrogens with one attached hydrogen (secondary N) is 2. The molecule has 0 radical (unpaired) electrons. The molecule has 1 saturated heterocycles. The zero-order valence-corrected chi connectivity index (χ0v) is 20.4. The van der Waals surface area contributed by atoms with Gasteiger partial charge in [-0.1, -0.05) is 48.5 Å². The molecular formula is C24H34IN3O2. The van der Waals surface area contributed by atoms with Crippen LogP contribution in [-0.4, -0.2) is 31.8 Å². The van der Waals surface area contributed by atoms with E-state index in [0.29, 0.717) is 19.3 Å². The zero-order chi connectivity index (χ0) is 20.3. The first-order chi connectivity index (χ1) is 14.2. The second-order valence-corrected chi connectivity index (χ2v) is 7.41. The lowest BCUT2D eigenvalue weighted by molar-refractivity contribution is -0.0390. The SMILES string of the molecule is CCNC(=NCc1ccc(COC2CCOCC2)cc1)NCc1ccccc1C.I. The number of guanidine groups is 1. The second kappa shape index (κ2) is 13.6. The van der Waals surface area contributed by atoms with Gasteiger partial charge in [-0.15, -0.1) is 24.0 Å². The minimum absolute atomic E-state index is 0. The van der Waals surface area contributed by atoms with Crippen molar-refractivity contribution in [3.8, 4) is 0 Å². The minimum atomic E-state index is 0. The van der Waals surface area contributed by atoms with E-state index in [1.54, 1.807) is 0 Å². The van der Waals surface area contributed by atoms with E-state index in [1.807, 2.05) is 0 Å². The fourth-order valence-corrected chi connectivity index (χ4v) is 3.30. The van der Waals surface area contributed by atoms with Crippen molar-refractivity contribution in [1.29, 1.82) is 0 Å². The third-order valence-electron chi connectivity index (χ3n) is 5.15. The fourth-order valence-electron chi connectivity index (χ4n) is 3.30. The number of rotatable bonds is 8. The summed E-state index contributed by atoms with van der Waals surface area (Å²) in [6.07, 6.45) is 2.32. The average molecular weight is 523 g/mol. The predicted molar refractivity (Wildman–Crippen MR) is 133 cm³/mol. The summed E-state index contributed by atoms with van der Waals surface area (Å²) in [6, 6.07) is 17.0. The molecule has 0 aliphatic carbocycles. The molecule has 0 saturated carbocycles. The molecule has 5 nitrogen and oxygen atoms in total. The predicted octanol–water partition coefficient (Wildman–Crippen LogP) is 4.56. The lowest BCUT2D eigenvalue weighted by Crippen LogP contribution is -2.36. The van der Waals surface area contributed by atoms with Crippen LogP contribution < -0.4 is 10.6 Å². The lowest BCUT2D eigenvalue weighted by atomic mass is 10.1. The van der Waals surface area contributed by atoms with Crippen molar-refractivity contribution in [2.45, 2.75) is 52.5 Å². The first kappa shape index (κ1) is 24.6. The standard InChI is InChI=1S/C24H33N3O2.HI/c1-3-25-24(27-17-22-7-5-4-6-19(22)2)26-16-20-8-10-21(11-9-20)18-29-23-12-14-28-15-13-23;/h4-11,23H,3,12-18H2,1-2H3,(H2,25,26,27);1H. The Morgan fingerprint density at radius 3 is 2.43 bits per heavy atom. The highest BCUT2D eigenvalue weighted by Gasteiger charge is 2.13. The lowest BCUT2D eigenvalue weighted by Gasteiger charge is -2.22. The number of benzene rings is 2. The smallest absolute Gasteiger partial charge is 0.191 e. The third kappa shape index (κ3) is 8.24. The molecule has 0 atom stereocenters.